The third kappa shape index (κ3) is 15.2. The van der Waals surface area contributed by atoms with Crippen LogP contribution in [0.5, 0.6) is 0 Å². The number of hydrogen-bond acceptors (Lipinski definition) is 4. The zero-order valence-corrected chi connectivity index (χ0v) is 13.2. The average molecular weight is 269 g/mol. The molecule has 0 amide bonds. The summed E-state index contributed by atoms with van der Waals surface area (Å²) >= 11 is 0. The summed E-state index contributed by atoms with van der Waals surface area (Å²) in [6.07, 6.45) is 0. The maximum atomic E-state index is 11.2. The smallest absolute Gasteiger partial charge is 1.00 e. The fourth-order valence-corrected chi connectivity index (χ4v) is 2.07. The molecule has 0 aliphatic rings. The molecule has 0 saturated carbocycles. The topological polar surface area (TPSA) is 58.6 Å². The van der Waals surface area contributed by atoms with Gasteiger partial charge in [0, 0.05) is 0 Å². The SMILES string of the molecule is CC(C)(C)OP(=O)([O-])OC(C)(C)C.[Cl-].[Mg+2]. The molecule has 0 aliphatic heterocycles. The zero-order chi connectivity index (χ0) is 10.9. The van der Waals surface area contributed by atoms with Crippen LogP contribution >= 0.6 is 7.82 Å². The second kappa shape index (κ2) is 6.79. The van der Waals surface area contributed by atoms with Gasteiger partial charge >= 0.3 is 23.1 Å². The van der Waals surface area contributed by atoms with E-state index >= 15 is 0 Å². The van der Waals surface area contributed by atoms with Gasteiger partial charge in [-0.05, 0) is 41.5 Å². The number of halogens is 1. The van der Waals surface area contributed by atoms with E-state index < -0.39 is 19.0 Å². The summed E-state index contributed by atoms with van der Waals surface area (Å²) in [6, 6.07) is 0. The van der Waals surface area contributed by atoms with Crippen molar-refractivity contribution >= 4 is 30.9 Å². The maximum absolute atomic E-state index is 11.2. The Labute approximate surface area is 114 Å². The van der Waals surface area contributed by atoms with E-state index in [4.69, 9.17) is 9.05 Å². The van der Waals surface area contributed by atoms with Crippen molar-refractivity contribution in [1.82, 2.24) is 0 Å². The molecule has 4 nitrogen and oxygen atoms in total. The van der Waals surface area contributed by atoms with Crippen LogP contribution in [0.15, 0.2) is 0 Å². The monoisotopic (exact) mass is 268 g/mol. The molecule has 88 valence electrons. The summed E-state index contributed by atoms with van der Waals surface area (Å²) < 4.78 is 20.8. The number of phosphoric ester groups is 1. The zero-order valence-electron chi connectivity index (χ0n) is 10.2. The molecule has 0 atom stereocenters. The van der Waals surface area contributed by atoms with E-state index in [1.165, 1.54) is 0 Å². The van der Waals surface area contributed by atoms with Crippen LogP contribution in [0.4, 0.5) is 0 Å². The van der Waals surface area contributed by atoms with Gasteiger partial charge in [-0.1, -0.05) is 0 Å². The van der Waals surface area contributed by atoms with Crippen LogP contribution in [0.3, 0.4) is 0 Å². The summed E-state index contributed by atoms with van der Waals surface area (Å²) in [7, 11) is -4.19. The fourth-order valence-electron chi connectivity index (χ4n) is 0.689. The van der Waals surface area contributed by atoms with Gasteiger partial charge in [0.25, 0.3) is 7.82 Å². The van der Waals surface area contributed by atoms with Crippen molar-refractivity contribution in [2.24, 2.45) is 0 Å². The molecule has 0 aromatic carbocycles. The molecule has 0 saturated heterocycles. The molecule has 0 spiro atoms. The molecule has 0 N–H and O–H groups in total. The standard InChI is InChI=1S/C8H19O4P.ClH.Mg/c1-7(2,3)11-13(9,10)12-8(4,5)6;;/h1-6H3,(H,9,10);1H;/q;;+2/p-2. The third-order valence-electron chi connectivity index (χ3n) is 0.771. The van der Waals surface area contributed by atoms with Crippen LogP contribution in [0.1, 0.15) is 41.5 Å². The van der Waals surface area contributed by atoms with Gasteiger partial charge in [0.05, 0.1) is 11.2 Å². The van der Waals surface area contributed by atoms with Gasteiger partial charge in [0.1, 0.15) is 0 Å². The second-order valence-electron chi connectivity index (χ2n) is 4.85. The van der Waals surface area contributed by atoms with E-state index in [1.54, 1.807) is 41.5 Å². The van der Waals surface area contributed by atoms with Crippen molar-refractivity contribution < 1.29 is 30.9 Å². The quantitative estimate of drug-likeness (QED) is 0.462. The minimum Gasteiger partial charge on any atom is -1.00 e. The molecule has 0 heterocycles. The van der Waals surface area contributed by atoms with Crippen LogP contribution in [0.25, 0.3) is 0 Å². The normalized spacial score (nSPS) is 12.7. The molecule has 0 radical (unpaired) electrons. The van der Waals surface area contributed by atoms with Crippen molar-refractivity contribution in [2.45, 2.75) is 52.7 Å². The van der Waals surface area contributed by atoms with Gasteiger partial charge in [-0.3, -0.25) is 4.57 Å². The first-order valence-corrected chi connectivity index (χ1v) is 5.60. The second-order valence-corrected chi connectivity index (χ2v) is 6.11. The largest absolute Gasteiger partial charge is 2.00 e. The molecular formula is C8H18ClMgO4P. The summed E-state index contributed by atoms with van der Waals surface area (Å²) in [4.78, 5) is 11.2. The van der Waals surface area contributed by atoms with Gasteiger partial charge in [0.15, 0.2) is 0 Å². The Hall–Kier alpha value is 1.17. The van der Waals surface area contributed by atoms with Crippen molar-refractivity contribution in [3.63, 3.8) is 0 Å². The van der Waals surface area contributed by atoms with Crippen molar-refractivity contribution in [2.75, 3.05) is 0 Å². The fraction of sp³-hybridized carbons (Fsp3) is 1.00. The Morgan fingerprint density at radius 2 is 1.13 bits per heavy atom. The van der Waals surface area contributed by atoms with Crippen molar-refractivity contribution in [1.29, 1.82) is 0 Å². The molecule has 0 unspecified atom stereocenters. The minimum atomic E-state index is -4.19. The molecule has 15 heavy (non-hydrogen) atoms. The molecule has 7 heteroatoms. The predicted molar refractivity (Wildman–Crippen MR) is 55.0 cm³/mol. The van der Waals surface area contributed by atoms with Gasteiger partial charge < -0.3 is 26.3 Å². The van der Waals surface area contributed by atoms with Gasteiger partial charge in [-0.15, -0.1) is 0 Å². The molecule has 0 aromatic heterocycles. The number of rotatable bonds is 2. The van der Waals surface area contributed by atoms with E-state index in [1.807, 2.05) is 0 Å². The Morgan fingerprint density at radius 3 is 1.27 bits per heavy atom. The Kier molecular flexibility index (Phi) is 9.72. The van der Waals surface area contributed by atoms with Gasteiger partial charge in [-0.2, -0.15) is 0 Å². The average Bonchev–Trinajstić information content (AvgIpc) is 1.43. The van der Waals surface area contributed by atoms with E-state index in [-0.39, 0.29) is 35.5 Å². The van der Waals surface area contributed by atoms with Crippen LogP contribution in [0, 0.1) is 0 Å². The van der Waals surface area contributed by atoms with Crippen LogP contribution in [0.2, 0.25) is 0 Å². The predicted octanol–water partition coefficient (Wildman–Crippen LogP) is -1.29. The summed E-state index contributed by atoms with van der Waals surface area (Å²) in [5, 5.41) is 0. The molecule has 0 rings (SSSR count). The summed E-state index contributed by atoms with van der Waals surface area (Å²) in [5.74, 6) is 0. The minimum absolute atomic E-state index is 0. The first-order valence-electron chi connectivity index (χ1n) is 4.14. The van der Waals surface area contributed by atoms with E-state index in [0.29, 0.717) is 0 Å². The molecular weight excluding hydrogens is 251 g/mol. The maximum Gasteiger partial charge on any atom is 2.00 e. The molecule has 0 bridgehead atoms. The third-order valence-corrected chi connectivity index (χ3v) is 2.31. The van der Waals surface area contributed by atoms with Crippen LogP contribution < -0.4 is 17.3 Å². The van der Waals surface area contributed by atoms with Crippen molar-refractivity contribution in [3.8, 4) is 0 Å². The van der Waals surface area contributed by atoms with Crippen LogP contribution in [-0.2, 0) is 13.6 Å². The Bertz CT molecular complexity index is 202. The Balaban J connectivity index is -0.000000720. The number of hydrogen-bond donors (Lipinski definition) is 0. The molecule has 0 aromatic rings. The number of phosphoric acid groups is 1. The van der Waals surface area contributed by atoms with Crippen molar-refractivity contribution in [3.05, 3.63) is 0 Å². The molecule has 0 fully saturated rings. The van der Waals surface area contributed by atoms with E-state index in [9.17, 15) is 9.46 Å². The van der Waals surface area contributed by atoms with Gasteiger partial charge in [-0.25, -0.2) is 0 Å². The van der Waals surface area contributed by atoms with E-state index in [2.05, 4.69) is 0 Å². The van der Waals surface area contributed by atoms with Crippen LogP contribution in [-0.4, -0.2) is 34.3 Å². The first-order chi connectivity index (χ1) is 5.41. The van der Waals surface area contributed by atoms with Gasteiger partial charge in [0.2, 0.25) is 0 Å². The first kappa shape index (κ1) is 21.5. The Morgan fingerprint density at radius 1 is 0.933 bits per heavy atom. The van der Waals surface area contributed by atoms with E-state index in [0.717, 1.165) is 0 Å². The summed E-state index contributed by atoms with van der Waals surface area (Å²) in [5.41, 5.74) is -1.49. The molecule has 0 aliphatic carbocycles. The summed E-state index contributed by atoms with van der Waals surface area (Å²) in [6.45, 7) is 9.94.